The minimum Gasteiger partial charge on any atom is -0.381 e. The van der Waals surface area contributed by atoms with Crippen molar-refractivity contribution in [1.29, 1.82) is 0 Å². The highest BCUT2D eigenvalue weighted by Gasteiger charge is 2.47. The maximum atomic E-state index is 5.45. The largest absolute Gasteiger partial charge is 0.381 e. The molecule has 1 aliphatic rings. The lowest BCUT2D eigenvalue weighted by Crippen LogP contribution is -2.60. The molecule has 0 saturated heterocycles. The molecule has 3 heteroatoms. The van der Waals surface area contributed by atoms with Crippen molar-refractivity contribution in [1.82, 2.24) is 5.32 Å². The first-order valence-electron chi connectivity index (χ1n) is 5.93. The molecular formula is C13H21NOS. The van der Waals surface area contributed by atoms with E-state index in [9.17, 15) is 0 Å². The Morgan fingerprint density at radius 1 is 1.56 bits per heavy atom. The van der Waals surface area contributed by atoms with Crippen LogP contribution in [0.1, 0.15) is 25.1 Å². The summed E-state index contributed by atoms with van der Waals surface area (Å²) in [4.78, 5) is 1.47. The predicted molar refractivity (Wildman–Crippen MR) is 69.0 cm³/mol. The highest BCUT2D eigenvalue weighted by Crippen LogP contribution is 2.42. The summed E-state index contributed by atoms with van der Waals surface area (Å²) in [7, 11) is 1.81. The number of methoxy groups -OCH3 is 1. The van der Waals surface area contributed by atoms with Gasteiger partial charge in [-0.25, -0.2) is 0 Å². The zero-order chi connectivity index (χ0) is 11.6. The van der Waals surface area contributed by atoms with Gasteiger partial charge in [0.25, 0.3) is 0 Å². The quantitative estimate of drug-likeness (QED) is 0.853. The summed E-state index contributed by atoms with van der Waals surface area (Å²) in [6.45, 7) is 5.64. The van der Waals surface area contributed by atoms with Crippen LogP contribution in [0.3, 0.4) is 0 Å². The fourth-order valence-electron chi connectivity index (χ4n) is 2.46. The van der Waals surface area contributed by atoms with Gasteiger partial charge in [-0.3, -0.25) is 0 Å². The molecule has 1 aromatic rings. The average molecular weight is 239 g/mol. The molecule has 0 amide bonds. The summed E-state index contributed by atoms with van der Waals surface area (Å²) >= 11 is 1.84. The van der Waals surface area contributed by atoms with Crippen LogP contribution in [0.2, 0.25) is 0 Å². The Balaban J connectivity index is 1.72. The van der Waals surface area contributed by atoms with Gasteiger partial charge in [0.2, 0.25) is 0 Å². The fraction of sp³-hybridized carbons (Fsp3) is 0.692. The molecule has 0 aliphatic heterocycles. The maximum absolute atomic E-state index is 5.45. The van der Waals surface area contributed by atoms with Gasteiger partial charge >= 0.3 is 0 Å². The Bertz CT molecular complexity index is 321. The van der Waals surface area contributed by atoms with Gasteiger partial charge in [-0.05, 0) is 24.3 Å². The number of thiophene rings is 1. The third-order valence-corrected chi connectivity index (χ3v) is 4.74. The van der Waals surface area contributed by atoms with Crippen LogP contribution in [-0.2, 0) is 11.2 Å². The molecule has 0 spiro atoms. The second-order valence-corrected chi connectivity index (χ2v) is 6.15. The van der Waals surface area contributed by atoms with E-state index in [0.717, 1.165) is 19.4 Å². The van der Waals surface area contributed by atoms with E-state index < -0.39 is 0 Å². The van der Waals surface area contributed by atoms with Crippen LogP contribution in [0.15, 0.2) is 17.5 Å². The number of nitrogens with one attached hydrogen (secondary N) is 1. The van der Waals surface area contributed by atoms with Gasteiger partial charge in [-0.1, -0.05) is 19.9 Å². The Hall–Kier alpha value is -0.380. The molecule has 1 N–H and O–H groups in total. The molecule has 1 fully saturated rings. The number of hydrogen-bond acceptors (Lipinski definition) is 3. The zero-order valence-corrected chi connectivity index (χ0v) is 11.1. The van der Waals surface area contributed by atoms with E-state index in [1.165, 1.54) is 4.88 Å². The molecule has 90 valence electrons. The summed E-state index contributed by atoms with van der Waals surface area (Å²) in [6.07, 6.45) is 2.71. The van der Waals surface area contributed by atoms with E-state index in [0.29, 0.717) is 12.1 Å². The van der Waals surface area contributed by atoms with Crippen LogP contribution in [0.25, 0.3) is 0 Å². The van der Waals surface area contributed by atoms with Crippen molar-refractivity contribution in [2.75, 3.05) is 13.7 Å². The van der Waals surface area contributed by atoms with E-state index >= 15 is 0 Å². The molecule has 1 aliphatic carbocycles. The SMILES string of the molecule is COC1CC(NCCc2cccs2)C1(C)C. The number of hydrogen-bond donors (Lipinski definition) is 1. The lowest BCUT2D eigenvalue weighted by molar-refractivity contribution is -0.0971. The lowest BCUT2D eigenvalue weighted by atomic mass is 9.64. The molecule has 1 heterocycles. The van der Waals surface area contributed by atoms with Crippen molar-refractivity contribution in [2.24, 2.45) is 5.41 Å². The maximum Gasteiger partial charge on any atom is 0.0652 e. The Morgan fingerprint density at radius 2 is 2.38 bits per heavy atom. The summed E-state index contributed by atoms with van der Waals surface area (Å²) in [5.41, 5.74) is 0.282. The van der Waals surface area contributed by atoms with Crippen molar-refractivity contribution in [3.05, 3.63) is 22.4 Å². The van der Waals surface area contributed by atoms with E-state index in [1.807, 2.05) is 18.4 Å². The second kappa shape index (κ2) is 4.86. The first-order valence-corrected chi connectivity index (χ1v) is 6.81. The molecular weight excluding hydrogens is 218 g/mol. The van der Waals surface area contributed by atoms with E-state index in [-0.39, 0.29) is 5.41 Å². The van der Waals surface area contributed by atoms with Crippen LogP contribution >= 0.6 is 11.3 Å². The standard InChI is InChI=1S/C13H21NOS/c1-13(2)11(9-12(13)15-3)14-7-6-10-5-4-8-16-10/h4-5,8,11-12,14H,6-7,9H2,1-3H3. The molecule has 2 atom stereocenters. The van der Waals surface area contributed by atoms with E-state index in [4.69, 9.17) is 4.74 Å². The van der Waals surface area contributed by atoms with Crippen molar-refractivity contribution in [3.63, 3.8) is 0 Å². The van der Waals surface area contributed by atoms with Crippen molar-refractivity contribution in [2.45, 2.75) is 38.8 Å². The highest BCUT2D eigenvalue weighted by atomic mass is 32.1. The van der Waals surface area contributed by atoms with Crippen molar-refractivity contribution >= 4 is 11.3 Å². The second-order valence-electron chi connectivity index (χ2n) is 5.12. The van der Waals surface area contributed by atoms with Gasteiger partial charge in [-0.2, -0.15) is 0 Å². The van der Waals surface area contributed by atoms with E-state index in [1.54, 1.807) is 0 Å². The van der Waals surface area contributed by atoms with Gasteiger partial charge in [0.15, 0.2) is 0 Å². The van der Waals surface area contributed by atoms with Crippen LogP contribution in [0.5, 0.6) is 0 Å². The van der Waals surface area contributed by atoms with Crippen LogP contribution in [0.4, 0.5) is 0 Å². The average Bonchev–Trinajstić information content (AvgIpc) is 2.75. The third-order valence-electron chi connectivity index (χ3n) is 3.80. The van der Waals surface area contributed by atoms with Crippen LogP contribution in [0, 0.1) is 5.41 Å². The molecule has 2 unspecified atom stereocenters. The van der Waals surface area contributed by atoms with Gasteiger partial charge in [0, 0.05) is 30.0 Å². The molecule has 0 radical (unpaired) electrons. The minimum absolute atomic E-state index is 0.282. The Morgan fingerprint density at radius 3 is 2.94 bits per heavy atom. The Kier molecular flexibility index (Phi) is 3.67. The first kappa shape index (κ1) is 12.1. The van der Waals surface area contributed by atoms with E-state index in [2.05, 4.69) is 36.7 Å². The molecule has 0 aromatic carbocycles. The molecule has 1 saturated carbocycles. The van der Waals surface area contributed by atoms with Crippen molar-refractivity contribution in [3.8, 4) is 0 Å². The molecule has 0 bridgehead atoms. The monoisotopic (exact) mass is 239 g/mol. The minimum atomic E-state index is 0.282. The smallest absolute Gasteiger partial charge is 0.0652 e. The predicted octanol–water partition coefficient (Wildman–Crippen LogP) is 2.69. The summed E-state index contributed by atoms with van der Waals surface area (Å²) in [5, 5.41) is 5.78. The lowest BCUT2D eigenvalue weighted by Gasteiger charge is -2.51. The molecule has 2 nitrogen and oxygen atoms in total. The summed E-state index contributed by atoms with van der Waals surface area (Å²) in [6, 6.07) is 4.93. The molecule has 2 rings (SSSR count). The van der Waals surface area contributed by atoms with Gasteiger partial charge in [0.1, 0.15) is 0 Å². The third kappa shape index (κ3) is 2.31. The normalized spacial score (nSPS) is 27.7. The first-order chi connectivity index (χ1) is 7.64. The number of ether oxygens (including phenoxy) is 1. The summed E-state index contributed by atoms with van der Waals surface area (Å²) < 4.78 is 5.45. The molecule has 16 heavy (non-hydrogen) atoms. The topological polar surface area (TPSA) is 21.3 Å². The van der Waals surface area contributed by atoms with Crippen molar-refractivity contribution < 1.29 is 4.74 Å². The fourth-order valence-corrected chi connectivity index (χ4v) is 3.17. The Labute approximate surface area is 102 Å². The molecule has 1 aromatic heterocycles. The summed E-state index contributed by atoms with van der Waals surface area (Å²) in [5.74, 6) is 0. The number of rotatable bonds is 5. The van der Waals surface area contributed by atoms with Gasteiger partial charge in [-0.15, -0.1) is 11.3 Å². The zero-order valence-electron chi connectivity index (χ0n) is 10.3. The van der Waals surface area contributed by atoms with Gasteiger partial charge < -0.3 is 10.1 Å². The van der Waals surface area contributed by atoms with Crippen LogP contribution in [-0.4, -0.2) is 25.8 Å². The van der Waals surface area contributed by atoms with Gasteiger partial charge in [0.05, 0.1) is 6.10 Å². The van der Waals surface area contributed by atoms with Crippen LogP contribution < -0.4 is 5.32 Å². The highest BCUT2D eigenvalue weighted by molar-refractivity contribution is 7.09.